The number of nitrogens with zero attached hydrogens (tertiary/aromatic N) is 10. The molecule has 352 valence electrons. The van der Waals surface area contributed by atoms with Crippen LogP contribution in [0.2, 0.25) is 5.02 Å². The van der Waals surface area contributed by atoms with Crippen LogP contribution >= 0.6 is 23.4 Å². The quantitative estimate of drug-likeness (QED) is 0.0785. The number of ketones is 1. The summed E-state index contributed by atoms with van der Waals surface area (Å²) in [6.07, 6.45) is 2.27. The number of Topliss-reactive ketones (excluding diaryl/α,β-unsaturated/α-hetero) is 1. The molecule has 0 saturated carbocycles. The van der Waals surface area contributed by atoms with Gasteiger partial charge in [-0.3, -0.25) is 19.1 Å². The first-order chi connectivity index (χ1) is 32.1. The Balaban J connectivity index is 0.978. The minimum Gasteiger partial charge on any atom is -0.444 e. The van der Waals surface area contributed by atoms with Gasteiger partial charge < -0.3 is 24.6 Å². The van der Waals surface area contributed by atoms with Gasteiger partial charge in [0.2, 0.25) is 11.1 Å². The molecule has 7 rings (SSSR count). The van der Waals surface area contributed by atoms with Crippen LogP contribution in [0.3, 0.4) is 0 Å². The number of amides is 3. The molecule has 1 unspecified atom stereocenters. The van der Waals surface area contributed by atoms with Crippen LogP contribution in [0.1, 0.15) is 76.5 Å². The monoisotopic (exact) mass is 949 g/mol. The number of hydrogen-bond donors (Lipinski definition) is 1. The van der Waals surface area contributed by atoms with Crippen molar-refractivity contribution in [2.75, 3.05) is 20.1 Å². The number of tetrazole rings is 1. The van der Waals surface area contributed by atoms with E-state index in [1.807, 2.05) is 77.7 Å². The van der Waals surface area contributed by atoms with Crippen LogP contribution in [0, 0.1) is 5.92 Å². The van der Waals surface area contributed by atoms with Gasteiger partial charge in [0, 0.05) is 54.0 Å². The van der Waals surface area contributed by atoms with E-state index in [0.717, 1.165) is 34.1 Å². The number of hydrogen-bond acceptors (Lipinski definition) is 13. The molecule has 1 saturated heterocycles. The number of benzene rings is 3. The van der Waals surface area contributed by atoms with E-state index in [1.54, 1.807) is 62.3 Å². The molecule has 1 aliphatic heterocycles. The van der Waals surface area contributed by atoms with Gasteiger partial charge in [0.05, 0.1) is 49.1 Å². The van der Waals surface area contributed by atoms with E-state index in [1.165, 1.54) is 23.7 Å². The molecule has 0 spiro atoms. The molecule has 0 aliphatic carbocycles. The van der Waals surface area contributed by atoms with E-state index in [9.17, 15) is 19.2 Å². The van der Waals surface area contributed by atoms with Crippen LogP contribution in [0.25, 0.3) is 22.0 Å². The highest BCUT2D eigenvalue weighted by Gasteiger charge is 2.39. The minimum absolute atomic E-state index is 0.0265. The van der Waals surface area contributed by atoms with Gasteiger partial charge in [-0.2, -0.15) is 0 Å². The Morgan fingerprint density at radius 1 is 0.970 bits per heavy atom. The fraction of sp³-hybridized carbons (Fsp3) is 0.417. The van der Waals surface area contributed by atoms with Gasteiger partial charge in [0.25, 0.3) is 5.91 Å². The number of aromatic nitrogens is 8. The maximum atomic E-state index is 14.7. The summed E-state index contributed by atoms with van der Waals surface area (Å²) in [6.45, 7) is 10.4. The second-order valence-electron chi connectivity index (χ2n) is 17.6. The Hall–Kier alpha value is -6.24. The fourth-order valence-corrected chi connectivity index (χ4v) is 8.83. The lowest BCUT2D eigenvalue weighted by atomic mass is 9.92. The third-order valence-corrected chi connectivity index (χ3v) is 12.9. The van der Waals surface area contributed by atoms with Crippen molar-refractivity contribution < 1.29 is 28.7 Å². The molecule has 1 fully saturated rings. The first-order valence-electron chi connectivity index (χ1n) is 22.4. The van der Waals surface area contributed by atoms with Gasteiger partial charge in [-0.25, -0.2) is 14.5 Å². The lowest BCUT2D eigenvalue weighted by molar-refractivity contribution is -0.145. The topological polar surface area (TPSA) is 192 Å². The number of nitrogens with one attached hydrogen (secondary N) is 1. The van der Waals surface area contributed by atoms with Crippen LogP contribution in [0.5, 0.6) is 0 Å². The molecule has 3 amide bonds. The number of carbonyl (C=O) groups is 4. The number of ether oxygens (including phenoxy) is 2. The average molecular weight is 951 g/mol. The number of rotatable bonds is 19. The Labute approximate surface area is 398 Å². The summed E-state index contributed by atoms with van der Waals surface area (Å²) in [5.41, 5.74) is 1.44. The van der Waals surface area contributed by atoms with E-state index in [0.29, 0.717) is 54.2 Å². The largest absolute Gasteiger partial charge is 0.444 e. The molecule has 3 aromatic carbocycles. The highest BCUT2D eigenvalue weighted by molar-refractivity contribution is 7.99. The van der Waals surface area contributed by atoms with Crippen LogP contribution < -0.4 is 5.32 Å². The molecule has 17 nitrogen and oxygen atoms in total. The summed E-state index contributed by atoms with van der Waals surface area (Å²) in [4.78, 5) is 63.7. The SMILES string of the molecule is CC(OCc1cn(CCCNC(=O)c2cc3ccccc3c(-c3ccccc3Cl)n2)nn1)[C@H](CC(=O)[C@H](C)N(C)C(=O)OC(C)(C)C)C(=O)N1CCC[C@H]1Cn1nnnc1Sc1ccccc1. The third-order valence-electron chi connectivity index (χ3n) is 11.6. The third kappa shape index (κ3) is 12.6. The van der Waals surface area contributed by atoms with Gasteiger partial charge >= 0.3 is 6.09 Å². The molecule has 0 bridgehead atoms. The summed E-state index contributed by atoms with van der Waals surface area (Å²) >= 11 is 7.98. The van der Waals surface area contributed by atoms with Crippen molar-refractivity contribution in [2.45, 2.75) is 114 Å². The van der Waals surface area contributed by atoms with E-state index < -0.39 is 29.8 Å². The minimum atomic E-state index is -0.883. The summed E-state index contributed by atoms with van der Waals surface area (Å²) in [5, 5.41) is 26.8. The molecule has 3 aromatic heterocycles. The molecule has 1 N–H and O–H groups in total. The van der Waals surface area contributed by atoms with Crippen molar-refractivity contribution >= 4 is 57.8 Å². The summed E-state index contributed by atoms with van der Waals surface area (Å²) in [5.74, 6) is -1.73. The second-order valence-corrected chi connectivity index (χ2v) is 19.0. The Kier molecular flexibility index (Phi) is 16.0. The molecule has 67 heavy (non-hydrogen) atoms. The predicted molar refractivity (Wildman–Crippen MR) is 253 cm³/mol. The van der Waals surface area contributed by atoms with Gasteiger partial charge in [-0.05, 0) is 106 Å². The van der Waals surface area contributed by atoms with Crippen LogP contribution in [0.4, 0.5) is 4.79 Å². The fourth-order valence-electron chi connectivity index (χ4n) is 7.81. The van der Waals surface area contributed by atoms with E-state index in [4.69, 9.17) is 26.1 Å². The van der Waals surface area contributed by atoms with Crippen molar-refractivity contribution in [1.82, 2.24) is 55.3 Å². The lowest BCUT2D eigenvalue weighted by Crippen LogP contribution is -2.48. The Morgan fingerprint density at radius 3 is 2.49 bits per heavy atom. The molecule has 6 aromatic rings. The van der Waals surface area contributed by atoms with E-state index in [-0.39, 0.29) is 42.4 Å². The van der Waals surface area contributed by atoms with E-state index in [2.05, 4.69) is 31.2 Å². The molecule has 1 aliphatic rings. The van der Waals surface area contributed by atoms with Gasteiger partial charge in [-0.15, -0.1) is 10.2 Å². The smallest absolute Gasteiger partial charge is 0.410 e. The van der Waals surface area contributed by atoms with Crippen molar-refractivity contribution in [1.29, 1.82) is 0 Å². The van der Waals surface area contributed by atoms with Gasteiger partial charge in [0.1, 0.15) is 17.0 Å². The first-order valence-corrected chi connectivity index (χ1v) is 23.6. The van der Waals surface area contributed by atoms with E-state index >= 15 is 0 Å². The average Bonchev–Trinajstić information content (AvgIpc) is 4.09. The van der Waals surface area contributed by atoms with Crippen molar-refractivity contribution in [2.24, 2.45) is 5.92 Å². The zero-order valence-electron chi connectivity index (χ0n) is 38.5. The predicted octanol–water partition coefficient (Wildman–Crippen LogP) is 7.53. The normalized spacial score (nSPS) is 15.3. The highest BCUT2D eigenvalue weighted by atomic mass is 35.5. The standard InChI is InChI=1S/C48H56ClN11O6S/c1-31(57(6)47(64)66-48(3,4)5)42(61)27-39(45(63)59-25-14-17-35(59)29-60-46(53-54-56-60)67-36-18-8-7-9-19-36)32(2)65-30-34-28-58(55-52-34)24-15-23-50-44(62)41-26-33-16-10-11-20-37(33)43(51-41)38-21-12-13-22-40(38)49/h7-13,16,18-22,26,28,31-32,35,39H,14-15,17,23-25,27,29-30H2,1-6H3,(H,50,62)/t31-,32?,35-,39-/m0/s1. The van der Waals surface area contributed by atoms with Gasteiger partial charge in [-0.1, -0.05) is 77.5 Å². The molecular formula is C48H56ClN11O6S. The van der Waals surface area contributed by atoms with Crippen molar-refractivity contribution in [3.63, 3.8) is 0 Å². The first kappa shape index (κ1) is 48.7. The van der Waals surface area contributed by atoms with Gasteiger partial charge in [0.15, 0.2) is 5.78 Å². The number of fused-ring (bicyclic) bond motifs is 1. The van der Waals surface area contributed by atoms with Crippen molar-refractivity contribution in [3.05, 3.63) is 108 Å². The molecule has 4 atom stereocenters. The zero-order valence-corrected chi connectivity index (χ0v) is 40.1. The number of carbonyl (C=O) groups excluding carboxylic acids is 4. The number of likely N-dealkylation sites (tertiary alicyclic amines) is 1. The summed E-state index contributed by atoms with van der Waals surface area (Å²) in [7, 11) is 1.51. The number of aryl methyl sites for hydroxylation is 1. The molecule has 19 heteroatoms. The maximum Gasteiger partial charge on any atom is 0.410 e. The van der Waals surface area contributed by atoms with Crippen LogP contribution in [0.15, 0.2) is 101 Å². The van der Waals surface area contributed by atoms with Crippen molar-refractivity contribution in [3.8, 4) is 11.3 Å². The Bertz CT molecular complexity index is 2670. The number of pyridine rings is 1. The highest BCUT2D eigenvalue weighted by Crippen LogP contribution is 2.33. The zero-order chi connectivity index (χ0) is 47.7. The second kappa shape index (κ2) is 22.0. The van der Waals surface area contributed by atoms with Crippen LogP contribution in [-0.2, 0) is 38.8 Å². The maximum absolute atomic E-state index is 14.7. The molecule has 4 heterocycles. The Morgan fingerprint density at radius 2 is 1.72 bits per heavy atom. The summed E-state index contributed by atoms with van der Waals surface area (Å²) < 4.78 is 15.2. The lowest BCUT2D eigenvalue weighted by Gasteiger charge is -2.33. The molecular weight excluding hydrogens is 894 g/mol. The molecule has 0 radical (unpaired) electrons. The number of halogens is 1. The number of likely N-dealkylation sites (N-methyl/N-ethyl adjacent to an activating group) is 1. The summed E-state index contributed by atoms with van der Waals surface area (Å²) in [6, 6.07) is 25.6. The van der Waals surface area contributed by atoms with Crippen LogP contribution in [-0.4, -0.2) is 118 Å².